The summed E-state index contributed by atoms with van der Waals surface area (Å²) in [5.74, 6) is 0.413. The van der Waals surface area contributed by atoms with E-state index < -0.39 is 18.1 Å². The predicted molar refractivity (Wildman–Crippen MR) is 136 cm³/mol. The molecule has 3 aromatic rings. The number of benzene rings is 2. The summed E-state index contributed by atoms with van der Waals surface area (Å²) in [7, 11) is 0. The van der Waals surface area contributed by atoms with Gasteiger partial charge in [-0.2, -0.15) is 11.8 Å². The highest BCUT2D eigenvalue weighted by Crippen LogP contribution is 2.34. The van der Waals surface area contributed by atoms with E-state index in [0.717, 1.165) is 36.0 Å². The van der Waals surface area contributed by atoms with Gasteiger partial charge in [-0.3, -0.25) is 0 Å². The standard InChI is InChI=1S/C27H29NO6S/c1-17-14-22-24(19-10-6-7-11-20(19)25(29)33-22)23(15-17)34-26(30)21(12-13-35-2)28-27(31)32-16-18-8-4-3-5-9-18/h3-5,8-9,14-15,21H,6-7,10-13,16H2,1-2H3,(H,28,31)/t21-/m1/s1. The number of rotatable bonds is 8. The lowest BCUT2D eigenvalue weighted by atomic mass is 9.90. The summed E-state index contributed by atoms with van der Waals surface area (Å²) in [5.41, 5.74) is 3.29. The summed E-state index contributed by atoms with van der Waals surface area (Å²) in [4.78, 5) is 38.2. The van der Waals surface area contributed by atoms with Crippen molar-refractivity contribution in [1.82, 2.24) is 5.32 Å². The molecule has 1 heterocycles. The molecule has 1 atom stereocenters. The van der Waals surface area contributed by atoms with E-state index >= 15 is 0 Å². The smallest absolute Gasteiger partial charge is 0.408 e. The maximum absolute atomic E-state index is 13.2. The molecule has 0 spiro atoms. The van der Waals surface area contributed by atoms with Gasteiger partial charge in [0, 0.05) is 5.56 Å². The predicted octanol–water partition coefficient (Wildman–Crippen LogP) is 4.93. The topological polar surface area (TPSA) is 94.8 Å². The number of hydrogen-bond acceptors (Lipinski definition) is 7. The third-order valence-electron chi connectivity index (χ3n) is 6.04. The van der Waals surface area contributed by atoms with Crippen molar-refractivity contribution in [3.8, 4) is 5.75 Å². The van der Waals surface area contributed by atoms with E-state index in [1.165, 1.54) is 0 Å². The third kappa shape index (κ3) is 6.06. The lowest BCUT2D eigenvalue weighted by molar-refractivity contribution is -0.136. The molecule has 2 aromatic carbocycles. The maximum atomic E-state index is 13.2. The molecule has 1 aliphatic carbocycles. The van der Waals surface area contributed by atoms with E-state index in [-0.39, 0.29) is 12.2 Å². The highest BCUT2D eigenvalue weighted by Gasteiger charge is 2.26. The molecule has 8 heteroatoms. The van der Waals surface area contributed by atoms with Gasteiger partial charge in [0.25, 0.3) is 0 Å². The lowest BCUT2D eigenvalue weighted by Crippen LogP contribution is -2.43. The normalized spacial score (nSPS) is 13.7. The number of thioether (sulfide) groups is 1. The van der Waals surface area contributed by atoms with Crippen LogP contribution in [0.25, 0.3) is 11.0 Å². The van der Waals surface area contributed by atoms with Crippen LogP contribution in [0.1, 0.15) is 41.5 Å². The van der Waals surface area contributed by atoms with Gasteiger partial charge >= 0.3 is 17.7 Å². The van der Waals surface area contributed by atoms with E-state index in [0.29, 0.717) is 40.9 Å². The molecule has 0 radical (unpaired) electrons. The van der Waals surface area contributed by atoms with Gasteiger partial charge in [0.15, 0.2) is 0 Å². The number of carbonyl (C=O) groups excluding carboxylic acids is 2. The fourth-order valence-corrected chi connectivity index (χ4v) is 4.79. The van der Waals surface area contributed by atoms with Gasteiger partial charge < -0.3 is 19.2 Å². The Hall–Kier alpha value is -3.26. The molecule has 184 valence electrons. The summed E-state index contributed by atoms with van der Waals surface area (Å²) in [6.07, 6.45) is 4.89. The monoisotopic (exact) mass is 495 g/mol. The SMILES string of the molecule is CSCC[C@@H](NC(=O)OCc1ccccc1)C(=O)Oc1cc(C)cc2oc(=O)c3c(c12)CCCC3. The molecule has 1 aromatic heterocycles. The maximum Gasteiger partial charge on any atom is 0.408 e. The first-order valence-electron chi connectivity index (χ1n) is 11.7. The van der Waals surface area contributed by atoms with Gasteiger partial charge in [-0.1, -0.05) is 30.3 Å². The van der Waals surface area contributed by atoms with Crippen LogP contribution >= 0.6 is 11.8 Å². The fraction of sp³-hybridized carbons (Fsp3) is 0.370. The Morgan fingerprint density at radius 1 is 1.11 bits per heavy atom. The number of fused-ring (bicyclic) bond motifs is 3. The van der Waals surface area contributed by atoms with Crippen molar-refractivity contribution in [1.29, 1.82) is 0 Å². The Kier molecular flexibility index (Phi) is 8.13. The van der Waals surface area contributed by atoms with Crippen LogP contribution in [0.4, 0.5) is 4.79 Å². The quantitative estimate of drug-likeness (QED) is 0.269. The average Bonchev–Trinajstić information content (AvgIpc) is 2.85. The molecule has 0 saturated carbocycles. The Balaban J connectivity index is 1.56. The Labute approximate surface area is 208 Å². The first-order valence-corrected chi connectivity index (χ1v) is 13.1. The molecule has 0 saturated heterocycles. The molecule has 1 N–H and O–H groups in total. The number of amides is 1. The zero-order valence-corrected chi connectivity index (χ0v) is 20.7. The van der Waals surface area contributed by atoms with Crippen LogP contribution in [-0.2, 0) is 29.0 Å². The zero-order chi connectivity index (χ0) is 24.8. The molecular formula is C27H29NO6S. The van der Waals surface area contributed by atoms with Gasteiger partial charge in [-0.25, -0.2) is 14.4 Å². The summed E-state index contributed by atoms with van der Waals surface area (Å²) in [6, 6.07) is 12.0. The summed E-state index contributed by atoms with van der Waals surface area (Å²) < 4.78 is 16.7. The highest BCUT2D eigenvalue weighted by atomic mass is 32.2. The largest absolute Gasteiger partial charge is 0.445 e. The number of nitrogens with one attached hydrogen (secondary N) is 1. The number of aryl methyl sites for hydroxylation is 2. The molecule has 1 amide bonds. The van der Waals surface area contributed by atoms with Crippen LogP contribution < -0.4 is 15.7 Å². The van der Waals surface area contributed by atoms with Crippen LogP contribution in [-0.4, -0.2) is 30.1 Å². The number of hydrogen-bond donors (Lipinski definition) is 1. The number of carbonyl (C=O) groups is 2. The minimum absolute atomic E-state index is 0.102. The van der Waals surface area contributed by atoms with Crippen LogP contribution in [0, 0.1) is 6.92 Å². The fourth-order valence-electron chi connectivity index (χ4n) is 4.32. The lowest BCUT2D eigenvalue weighted by Gasteiger charge is -2.20. The number of esters is 1. The van der Waals surface area contributed by atoms with Crippen LogP contribution in [0.5, 0.6) is 5.75 Å². The van der Waals surface area contributed by atoms with Gasteiger partial charge in [0.2, 0.25) is 0 Å². The zero-order valence-electron chi connectivity index (χ0n) is 19.9. The van der Waals surface area contributed by atoms with E-state index in [2.05, 4.69) is 5.32 Å². The molecule has 0 aliphatic heterocycles. The second-order valence-corrected chi connectivity index (χ2v) is 9.64. The minimum atomic E-state index is -0.882. The molecule has 35 heavy (non-hydrogen) atoms. The number of alkyl carbamates (subject to hydrolysis) is 1. The molecule has 4 rings (SSSR count). The average molecular weight is 496 g/mol. The van der Waals surface area contributed by atoms with Crippen molar-refractivity contribution < 1.29 is 23.5 Å². The van der Waals surface area contributed by atoms with Gasteiger partial charge in [-0.05, 0) is 79.9 Å². The minimum Gasteiger partial charge on any atom is -0.445 e. The summed E-state index contributed by atoms with van der Waals surface area (Å²) in [6.45, 7) is 1.95. The molecule has 0 bridgehead atoms. The first kappa shape index (κ1) is 24.9. The second-order valence-electron chi connectivity index (χ2n) is 8.65. The van der Waals surface area contributed by atoms with Crippen LogP contribution in [0.3, 0.4) is 0 Å². The molecular weight excluding hydrogens is 466 g/mol. The van der Waals surface area contributed by atoms with Crippen molar-refractivity contribution in [3.05, 3.63) is 75.1 Å². The third-order valence-corrected chi connectivity index (χ3v) is 6.68. The molecule has 0 fully saturated rings. The van der Waals surface area contributed by atoms with Crippen molar-refractivity contribution in [2.75, 3.05) is 12.0 Å². The number of ether oxygens (including phenoxy) is 2. The molecule has 7 nitrogen and oxygen atoms in total. The van der Waals surface area contributed by atoms with Gasteiger partial charge in [0.1, 0.15) is 24.0 Å². The van der Waals surface area contributed by atoms with E-state index in [4.69, 9.17) is 13.9 Å². The highest BCUT2D eigenvalue weighted by molar-refractivity contribution is 7.98. The first-order chi connectivity index (χ1) is 17.0. The van der Waals surface area contributed by atoms with E-state index in [1.807, 2.05) is 43.5 Å². The van der Waals surface area contributed by atoms with E-state index in [9.17, 15) is 14.4 Å². The van der Waals surface area contributed by atoms with E-state index in [1.54, 1.807) is 23.9 Å². The molecule has 1 aliphatic rings. The summed E-state index contributed by atoms with van der Waals surface area (Å²) in [5, 5.41) is 3.31. The van der Waals surface area contributed by atoms with Crippen molar-refractivity contribution in [2.24, 2.45) is 0 Å². The van der Waals surface area contributed by atoms with Crippen molar-refractivity contribution >= 4 is 34.8 Å². The Morgan fingerprint density at radius 3 is 2.60 bits per heavy atom. The molecule has 0 unspecified atom stereocenters. The van der Waals surface area contributed by atoms with Gasteiger partial charge in [0.05, 0.1) is 5.39 Å². The van der Waals surface area contributed by atoms with Gasteiger partial charge in [-0.15, -0.1) is 0 Å². The Bertz CT molecular complexity index is 1270. The Morgan fingerprint density at radius 2 is 1.86 bits per heavy atom. The van der Waals surface area contributed by atoms with Crippen molar-refractivity contribution in [2.45, 2.75) is 51.7 Å². The van der Waals surface area contributed by atoms with Crippen molar-refractivity contribution in [3.63, 3.8) is 0 Å². The summed E-state index contributed by atoms with van der Waals surface area (Å²) >= 11 is 1.57. The van der Waals surface area contributed by atoms with Crippen LogP contribution in [0.2, 0.25) is 0 Å². The van der Waals surface area contributed by atoms with Crippen LogP contribution in [0.15, 0.2) is 51.7 Å². The second kappa shape index (κ2) is 11.4.